The topological polar surface area (TPSA) is 91.3 Å². The number of hydrogen-bond acceptors (Lipinski definition) is 6. The van der Waals surface area contributed by atoms with Crippen molar-refractivity contribution >= 4 is 11.9 Å². The SMILES string of the molecule is COc1ccc(OC(=O)C(C(=O)O)c2ccc(Oc3ccc(OC)cc3)cc2)cc1. The zero-order valence-corrected chi connectivity index (χ0v) is 16.4. The minimum atomic E-state index is -1.47. The van der Waals surface area contributed by atoms with Crippen LogP contribution in [0.15, 0.2) is 72.8 Å². The van der Waals surface area contributed by atoms with Crippen molar-refractivity contribution in [1.82, 2.24) is 0 Å². The molecule has 3 rings (SSSR count). The Hall–Kier alpha value is -4.00. The van der Waals surface area contributed by atoms with Crippen LogP contribution in [0, 0.1) is 0 Å². The monoisotopic (exact) mass is 408 g/mol. The summed E-state index contributed by atoms with van der Waals surface area (Å²) in [6.45, 7) is 0. The summed E-state index contributed by atoms with van der Waals surface area (Å²) in [5, 5.41) is 9.55. The number of carboxylic acids is 1. The molecule has 0 aliphatic heterocycles. The molecule has 0 heterocycles. The molecule has 0 aromatic heterocycles. The number of hydrogen-bond donors (Lipinski definition) is 1. The lowest BCUT2D eigenvalue weighted by Gasteiger charge is -2.13. The van der Waals surface area contributed by atoms with Gasteiger partial charge in [-0.15, -0.1) is 0 Å². The van der Waals surface area contributed by atoms with E-state index in [4.69, 9.17) is 18.9 Å². The molecule has 0 bridgehead atoms. The molecule has 7 nitrogen and oxygen atoms in total. The molecule has 0 spiro atoms. The van der Waals surface area contributed by atoms with E-state index in [2.05, 4.69) is 0 Å². The van der Waals surface area contributed by atoms with Crippen LogP contribution in [-0.2, 0) is 9.59 Å². The fraction of sp³-hybridized carbons (Fsp3) is 0.130. The third kappa shape index (κ3) is 5.08. The molecule has 0 saturated heterocycles. The third-order valence-corrected chi connectivity index (χ3v) is 4.27. The normalized spacial score (nSPS) is 11.3. The molecule has 1 atom stereocenters. The average Bonchev–Trinajstić information content (AvgIpc) is 2.76. The first-order valence-electron chi connectivity index (χ1n) is 9.00. The second-order valence-electron chi connectivity index (χ2n) is 6.21. The van der Waals surface area contributed by atoms with E-state index in [9.17, 15) is 14.7 Å². The quantitative estimate of drug-likeness (QED) is 0.338. The van der Waals surface area contributed by atoms with Crippen LogP contribution in [-0.4, -0.2) is 31.3 Å². The van der Waals surface area contributed by atoms with Gasteiger partial charge < -0.3 is 24.1 Å². The number of ether oxygens (including phenoxy) is 4. The van der Waals surface area contributed by atoms with Crippen LogP contribution in [0.25, 0.3) is 0 Å². The van der Waals surface area contributed by atoms with E-state index in [1.54, 1.807) is 55.6 Å². The summed E-state index contributed by atoms with van der Waals surface area (Å²) in [6, 6.07) is 19.5. The molecule has 3 aromatic carbocycles. The maximum absolute atomic E-state index is 12.5. The summed E-state index contributed by atoms with van der Waals surface area (Å²) in [5.74, 6) is -1.05. The molecule has 7 heteroatoms. The maximum atomic E-state index is 12.5. The fourth-order valence-corrected chi connectivity index (χ4v) is 2.71. The molecule has 154 valence electrons. The first kappa shape index (κ1) is 20.7. The van der Waals surface area contributed by atoms with E-state index >= 15 is 0 Å². The highest BCUT2D eigenvalue weighted by Gasteiger charge is 2.30. The molecule has 0 saturated carbocycles. The van der Waals surface area contributed by atoms with Gasteiger partial charge in [0.25, 0.3) is 0 Å². The van der Waals surface area contributed by atoms with Crippen molar-refractivity contribution in [2.45, 2.75) is 5.92 Å². The second-order valence-corrected chi connectivity index (χ2v) is 6.21. The van der Waals surface area contributed by atoms with Gasteiger partial charge in [0.05, 0.1) is 14.2 Å². The molecule has 0 aliphatic rings. The maximum Gasteiger partial charge on any atom is 0.330 e. The summed E-state index contributed by atoms with van der Waals surface area (Å²) in [7, 11) is 3.09. The van der Waals surface area contributed by atoms with Crippen molar-refractivity contribution < 1.29 is 33.6 Å². The van der Waals surface area contributed by atoms with E-state index < -0.39 is 17.9 Å². The molecule has 0 amide bonds. The number of esters is 1. The van der Waals surface area contributed by atoms with Crippen LogP contribution in [0.3, 0.4) is 0 Å². The van der Waals surface area contributed by atoms with Gasteiger partial charge in [-0.3, -0.25) is 9.59 Å². The Morgan fingerprint density at radius 2 is 1.07 bits per heavy atom. The van der Waals surface area contributed by atoms with Crippen molar-refractivity contribution in [2.75, 3.05) is 14.2 Å². The standard InChI is InChI=1S/C23H20O7/c1-27-16-7-11-19(12-8-16)29-18-5-3-15(4-6-18)21(22(24)25)23(26)30-20-13-9-17(28-2)10-14-20/h3-14,21H,1-2H3,(H,24,25). The summed E-state index contributed by atoms with van der Waals surface area (Å²) >= 11 is 0. The zero-order chi connectivity index (χ0) is 21.5. The molecule has 3 aromatic rings. The number of benzene rings is 3. The highest BCUT2D eigenvalue weighted by Crippen LogP contribution is 2.27. The summed E-state index contributed by atoms with van der Waals surface area (Å²) < 4.78 is 21.1. The Balaban J connectivity index is 1.71. The fourth-order valence-electron chi connectivity index (χ4n) is 2.71. The summed E-state index contributed by atoms with van der Waals surface area (Å²) in [5.41, 5.74) is 0.281. The van der Waals surface area contributed by atoms with Crippen LogP contribution in [0.4, 0.5) is 0 Å². The van der Waals surface area contributed by atoms with Crippen molar-refractivity contribution in [3.8, 4) is 28.7 Å². The van der Waals surface area contributed by atoms with E-state index in [1.165, 1.54) is 31.4 Å². The van der Waals surface area contributed by atoms with Crippen LogP contribution < -0.4 is 18.9 Å². The van der Waals surface area contributed by atoms with E-state index in [0.717, 1.165) is 0 Å². The number of carbonyl (C=O) groups excluding carboxylic acids is 1. The predicted molar refractivity (Wildman–Crippen MR) is 109 cm³/mol. The Morgan fingerprint density at radius 1 is 0.667 bits per heavy atom. The van der Waals surface area contributed by atoms with Crippen LogP contribution in [0.2, 0.25) is 0 Å². The molecule has 0 radical (unpaired) electrons. The highest BCUT2D eigenvalue weighted by atomic mass is 16.5. The lowest BCUT2D eigenvalue weighted by Crippen LogP contribution is -2.26. The van der Waals surface area contributed by atoms with E-state index in [0.29, 0.717) is 23.0 Å². The smallest absolute Gasteiger partial charge is 0.330 e. The summed E-state index contributed by atoms with van der Waals surface area (Å²) in [6.07, 6.45) is 0. The minimum absolute atomic E-state index is 0.228. The molecule has 0 aliphatic carbocycles. The van der Waals surface area contributed by atoms with Crippen molar-refractivity contribution in [1.29, 1.82) is 0 Å². The van der Waals surface area contributed by atoms with Gasteiger partial charge >= 0.3 is 11.9 Å². The van der Waals surface area contributed by atoms with Crippen molar-refractivity contribution in [3.05, 3.63) is 78.4 Å². The average molecular weight is 408 g/mol. The first-order valence-corrected chi connectivity index (χ1v) is 9.00. The lowest BCUT2D eigenvalue weighted by atomic mass is 9.99. The van der Waals surface area contributed by atoms with Crippen LogP contribution in [0.1, 0.15) is 11.5 Å². The van der Waals surface area contributed by atoms with Crippen LogP contribution in [0.5, 0.6) is 28.7 Å². The Bertz CT molecular complexity index is 993. The number of rotatable bonds is 8. The first-order chi connectivity index (χ1) is 14.5. The summed E-state index contributed by atoms with van der Waals surface area (Å²) in [4.78, 5) is 24.2. The lowest BCUT2D eigenvalue weighted by molar-refractivity contribution is -0.148. The molecule has 1 unspecified atom stereocenters. The molecular formula is C23H20O7. The predicted octanol–water partition coefficient (Wildman–Crippen LogP) is 4.27. The highest BCUT2D eigenvalue weighted by molar-refractivity contribution is 6.00. The van der Waals surface area contributed by atoms with Crippen LogP contribution >= 0.6 is 0 Å². The van der Waals surface area contributed by atoms with E-state index in [-0.39, 0.29) is 11.3 Å². The molecule has 0 fully saturated rings. The van der Waals surface area contributed by atoms with Gasteiger partial charge in [-0.2, -0.15) is 0 Å². The Morgan fingerprint density at radius 3 is 1.50 bits per heavy atom. The number of aliphatic carboxylic acids is 1. The van der Waals surface area contributed by atoms with Crippen molar-refractivity contribution in [3.63, 3.8) is 0 Å². The molecule has 30 heavy (non-hydrogen) atoms. The van der Waals surface area contributed by atoms with Gasteiger partial charge in [0.2, 0.25) is 0 Å². The second kappa shape index (κ2) is 9.47. The van der Waals surface area contributed by atoms with Gasteiger partial charge in [-0.05, 0) is 66.2 Å². The molecule has 1 N–H and O–H groups in total. The van der Waals surface area contributed by atoms with Gasteiger partial charge in [-0.1, -0.05) is 12.1 Å². The number of carbonyl (C=O) groups is 2. The van der Waals surface area contributed by atoms with Gasteiger partial charge in [0.15, 0.2) is 5.92 Å². The third-order valence-electron chi connectivity index (χ3n) is 4.27. The number of methoxy groups -OCH3 is 2. The minimum Gasteiger partial charge on any atom is -0.497 e. The Labute approximate surface area is 173 Å². The van der Waals surface area contributed by atoms with Gasteiger partial charge in [0.1, 0.15) is 28.7 Å². The van der Waals surface area contributed by atoms with Gasteiger partial charge in [-0.25, -0.2) is 0 Å². The molecular weight excluding hydrogens is 388 g/mol. The van der Waals surface area contributed by atoms with Crippen molar-refractivity contribution in [2.24, 2.45) is 0 Å². The zero-order valence-electron chi connectivity index (χ0n) is 16.4. The number of carboxylic acid groups (broad SMARTS) is 1. The largest absolute Gasteiger partial charge is 0.497 e. The van der Waals surface area contributed by atoms with Gasteiger partial charge in [0, 0.05) is 0 Å². The van der Waals surface area contributed by atoms with E-state index in [1.807, 2.05) is 0 Å². The Kier molecular flexibility index (Phi) is 6.54.